The van der Waals surface area contributed by atoms with E-state index >= 15 is 0 Å². The van der Waals surface area contributed by atoms with Crippen molar-refractivity contribution in [3.8, 4) is 0 Å². The first-order chi connectivity index (χ1) is 10.8. The summed E-state index contributed by atoms with van der Waals surface area (Å²) in [5.41, 5.74) is 2.11. The van der Waals surface area contributed by atoms with E-state index in [1.165, 1.54) is 11.0 Å². The molecule has 3 rings (SSSR count). The van der Waals surface area contributed by atoms with Crippen molar-refractivity contribution in [3.63, 3.8) is 0 Å². The molecule has 0 saturated heterocycles. The van der Waals surface area contributed by atoms with Crippen LogP contribution in [0.25, 0.3) is 0 Å². The Labute approximate surface area is 161 Å². The van der Waals surface area contributed by atoms with E-state index in [2.05, 4.69) is 0 Å². The zero-order valence-electron chi connectivity index (χ0n) is 13.1. The second kappa shape index (κ2) is 6.78. The van der Waals surface area contributed by atoms with Gasteiger partial charge in [-0.05, 0) is 36.2 Å². The number of fused-ring (bicyclic) bond motifs is 1. The molecule has 1 aliphatic heterocycles. The van der Waals surface area contributed by atoms with E-state index in [-0.39, 0.29) is 41.7 Å². The first kappa shape index (κ1) is 18.8. The van der Waals surface area contributed by atoms with E-state index < -0.39 is 26.7 Å². The molecule has 0 aliphatic carbocycles. The number of rotatable bonds is 3. The topological polar surface area (TPSA) is 94.6 Å². The number of aryl methyl sites for hydroxylation is 1. The quantitative estimate of drug-likeness (QED) is 0.386. The van der Waals surface area contributed by atoms with E-state index in [1.807, 2.05) is 31.2 Å². The van der Waals surface area contributed by atoms with Crippen molar-refractivity contribution in [3.05, 3.63) is 59.2 Å². The number of benzene rings is 2. The monoisotopic (exact) mass is 353 g/mol. The molecule has 1 heterocycles. The Morgan fingerprint density at radius 3 is 2.38 bits per heavy atom. The molecule has 0 N–H and O–H groups in total. The Bertz CT molecular complexity index is 939. The maximum atomic E-state index is 12.2. The molecule has 0 fully saturated rings. The first-order valence-corrected chi connectivity index (χ1v) is 8.20. The second-order valence-electron chi connectivity index (χ2n) is 5.28. The average molecular weight is 353 g/mol. The van der Waals surface area contributed by atoms with Gasteiger partial charge < -0.3 is 9.45 Å². The van der Waals surface area contributed by atoms with Crippen molar-refractivity contribution < 1.29 is 52.1 Å². The number of Topliss-reactive ketones (excluding diaryl/α,β-unsaturated/α-hetero) is 1. The van der Waals surface area contributed by atoms with Crippen molar-refractivity contribution in [2.75, 3.05) is 4.90 Å². The van der Waals surface area contributed by atoms with Crippen molar-refractivity contribution in [2.24, 2.45) is 0 Å². The summed E-state index contributed by atoms with van der Waals surface area (Å²) in [5.74, 6) is -1.54. The largest absolute Gasteiger partial charge is 1.00 e. The van der Waals surface area contributed by atoms with E-state index in [4.69, 9.17) is 0 Å². The van der Waals surface area contributed by atoms with E-state index in [0.29, 0.717) is 5.69 Å². The van der Waals surface area contributed by atoms with Gasteiger partial charge in [0.05, 0.1) is 22.7 Å². The number of hydrogen-bond acceptors (Lipinski definition) is 5. The smallest absolute Gasteiger partial charge is 0.744 e. The van der Waals surface area contributed by atoms with E-state index in [9.17, 15) is 22.6 Å². The van der Waals surface area contributed by atoms with Gasteiger partial charge in [0.25, 0.3) is 11.7 Å². The summed E-state index contributed by atoms with van der Waals surface area (Å²) in [7, 11) is -4.68. The van der Waals surface area contributed by atoms with E-state index in [0.717, 1.165) is 23.3 Å². The molecule has 2 aromatic carbocycles. The van der Waals surface area contributed by atoms with Gasteiger partial charge in [-0.25, -0.2) is 8.42 Å². The van der Waals surface area contributed by atoms with Crippen LogP contribution in [-0.4, -0.2) is 24.7 Å². The van der Waals surface area contributed by atoms with Gasteiger partial charge in [0.2, 0.25) is 0 Å². The number of carbonyl (C=O) groups is 2. The molecule has 2 aromatic rings. The number of anilines is 1. The predicted octanol–water partition coefficient (Wildman–Crippen LogP) is -1.37. The minimum absolute atomic E-state index is 0. The normalized spacial score (nSPS) is 13.7. The zero-order valence-corrected chi connectivity index (χ0v) is 16.0. The van der Waals surface area contributed by atoms with Gasteiger partial charge in [-0.2, -0.15) is 0 Å². The number of amides is 1. The molecule has 8 heteroatoms. The van der Waals surface area contributed by atoms with Gasteiger partial charge in [-0.1, -0.05) is 24.3 Å². The minimum Gasteiger partial charge on any atom is -0.744 e. The van der Waals surface area contributed by atoms with Crippen LogP contribution >= 0.6 is 0 Å². The molecule has 1 amide bonds. The Morgan fingerprint density at radius 1 is 1.08 bits per heavy atom. The zero-order chi connectivity index (χ0) is 16.8. The van der Waals surface area contributed by atoms with Gasteiger partial charge in [0.15, 0.2) is 0 Å². The first-order valence-electron chi connectivity index (χ1n) is 6.79. The van der Waals surface area contributed by atoms with Crippen molar-refractivity contribution in [2.45, 2.75) is 18.4 Å². The molecule has 0 aromatic heterocycles. The molecule has 6 nitrogen and oxygen atoms in total. The Morgan fingerprint density at radius 2 is 1.75 bits per heavy atom. The van der Waals surface area contributed by atoms with Crippen LogP contribution in [0.5, 0.6) is 0 Å². The third-order valence-corrected chi connectivity index (χ3v) is 4.65. The number of ketones is 1. The van der Waals surface area contributed by atoms with Gasteiger partial charge >= 0.3 is 29.6 Å². The summed E-state index contributed by atoms with van der Waals surface area (Å²) in [6.45, 7) is 2.10. The molecular weight excluding hydrogens is 341 g/mol. The number of nitrogens with zero attached hydrogens (tertiary/aromatic N) is 1. The summed E-state index contributed by atoms with van der Waals surface area (Å²) in [4.78, 5) is 25.0. The molecule has 118 valence electrons. The maximum Gasteiger partial charge on any atom is 1.00 e. The Kier molecular flexibility index (Phi) is 5.31. The minimum atomic E-state index is -4.68. The van der Waals surface area contributed by atoms with Crippen LogP contribution in [-0.2, 0) is 21.5 Å². The van der Waals surface area contributed by atoms with Crippen LogP contribution in [0.4, 0.5) is 5.69 Å². The van der Waals surface area contributed by atoms with Crippen LogP contribution < -0.4 is 34.5 Å². The van der Waals surface area contributed by atoms with Crippen molar-refractivity contribution in [1.29, 1.82) is 0 Å². The molecule has 0 radical (unpaired) electrons. The Hall–Kier alpha value is -1.51. The van der Waals surface area contributed by atoms with Crippen LogP contribution in [0.2, 0.25) is 0 Å². The molecule has 24 heavy (non-hydrogen) atoms. The standard InChI is InChI=1S/C16H13NO5S.Na/c1-10-4-2-3-5-11(10)9-17-14-7-6-12(23(20,21)22)8-13(14)15(18)16(17)19;/h2-8H,9H2,1H3,(H,20,21,22);/q;+1/p-1. The summed E-state index contributed by atoms with van der Waals surface area (Å²) in [6.07, 6.45) is 0. The SMILES string of the molecule is Cc1ccccc1CN1C(=O)C(=O)c2cc(S(=O)(=O)[O-])ccc21.[Na+]. The summed E-state index contributed by atoms with van der Waals surface area (Å²) in [5, 5.41) is 0. The van der Waals surface area contributed by atoms with Gasteiger partial charge in [0.1, 0.15) is 10.1 Å². The molecule has 0 spiro atoms. The van der Waals surface area contributed by atoms with Crippen LogP contribution in [0.15, 0.2) is 47.4 Å². The van der Waals surface area contributed by atoms with Gasteiger partial charge in [0, 0.05) is 0 Å². The molecule has 0 unspecified atom stereocenters. The fourth-order valence-corrected chi connectivity index (χ4v) is 3.05. The maximum absolute atomic E-state index is 12.2. The predicted molar refractivity (Wildman–Crippen MR) is 81.1 cm³/mol. The van der Waals surface area contributed by atoms with Crippen LogP contribution in [0.3, 0.4) is 0 Å². The Balaban J connectivity index is 0.00000208. The van der Waals surface area contributed by atoms with Crippen molar-refractivity contribution in [1.82, 2.24) is 0 Å². The third-order valence-electron chi connectivity index (χ3n) is 3.82. The average Bonchev–Trinajstić information content (AvgIpc) is 2.73. The summed E-state index contributed by atoms with van der Waals surface area (Å²) < 4.78 is 33.2. The van der Waals surface area contributed by atoms with Crippen molar-refractivity contribution >= 4 is 27.5 Å². The van der Waals surface area contributed by atoms with Gasteiger partial charge in [-0.3, -0.25) is 9.59 Å². The number of hydrogen-bond donors (Lipinski definition) is 0. The summed E-state index contributed by atoms with van der Waals surface area (Å²) in [6, 6.07) is 10.8. The third kappa shape index (κ3) is 3.31. The molecule has 0 saturated carbocycles. The second-order valence-corrected chi connectivity index (χ2v) is 6.66. The van der Waals surface area contributed by atoms with Crippen LogP contribution in [0.1, 0.15) is 21.5 Å². The molecule has 0 bridgehead atoms. The number of carbonyl (C=O) groups excluding carboxylic acids is 2. The summed E-state index contributed by atoms with van der Waals surface area (Å²) >= 11 is 0. The molecular formula is C16H12NNaO5S. The van der Waals surface area contributed by atoms with E-state index in [1.54, 1.807) is 0 Å². The van der Waals surface area contributed by atoms with Gasteiger partial charge in [-0.15, -0.1) is 0 Å². The fraction of sp³-hybridized carbons (Fsp3) is 0.125. The van der Waals surface area contributed by atoms with Crippen LogP contribution in [0, 0.1) is 6.92 Å². The fourth-order valence-electron chi connectivity index (χ4n) is 2.55. The molecule has 0 atom stereocenters. The molecule has 1 aliphatic rings.